The van der Waals surface area contributed by atoms with E-state index in [1.165, 1.54) is 0 Å². The molecule has 6 nitrogen and oxygen atoms in total. The van der Waals surface area contributed by atoms with Gasteiger partial charge in [-0.25, -0.2) is 0 Å². The number of hydrogen-bond donors (Lipinski definition) is 3. The highest BCUT2D eigenvalue weighted by atomic mass is 16.5. The smallest absolute Gasteiger partial charge is 0.248 e. The largest absolute Gasteiger partial charge is 0.496 e. The minimum atomic E-state index is -1.35. The van der Waals surface area contributed by atoms with Crippen LogP contribution in [0.2, 0.25) is 0 Å². The lowest BCUT2D eigenvalue weighted by Crippen LogP contribution is -2.40. The van der Waals surface area contributed by atoms with Crippen molar-refractivity contribution in [2.24, 2.45) is 5.73 Å². The first-order valence-corrected chi connectivity index (χ1v) is 5.90. The van der Waals surface area contributed by atoms with Gasteiger partial charge in [-0.15, -0.1) is 0 Å². The number of ether oxygens (including phenoxy) is 1. The summed E-state index contributed by atoms with van der Waals surface area (Å²) >= 11 is 0. The number of aryl methyl sites for hydroxylation is 1. The predicted molar refractivity (Wildman–Crippen MR) is 69.5 cm³/mol. The SMILES string of the molecule is COc1ccccc1CCC(=O)NCC(O)C(N)=O. The number of primary amides is 1. The Balaban J connectivity index is 2.40. The molecular weight excluding hydrogens is 248 g/mol. The molecule has 1 aromatic carbocycles. The molecule has 6 heteroatoms. The van der Waals surface area contributed by atoms with Crippen LogP contribution in [0.25, 0.3) is 0 Å². The predicted octanol–water partition coefficient (Wildman–Crippen LogP) is -0.410. The number of aliphatic hydroxyl groups is 1. The van der Waals surface area contributed by atoms with E-state index in [0.717, 1.165) is 11.3 Å². The van der Waals surface area contributed by atoms with Crippen LogP contribution in [0.5, 0.6) is 5.75 Å². The number of nitrogens with two attached hydrogens (primary N) is 1. The zero-order valence-corrected chi connectivity index (χ0v) is 10.8. The van der Waals surface area contributed by atoms with Crippen LogP contribution < -0.4 is 15.8 Å². The van der Waals surface area contributed by atoms with Crippen molar-refractivity contribution in [1.82, 2.24) is 5.32 Å². The molecule has 0 aliphatic carbocycles. The Kier molecular flexibility index (Phi) is 5.81. The number of amides is 2. The van der Waals surface area contributed by atoms with Crippen LogP contribution in [-0.2, 0) is 16.0 Å². The zero-order valence-electron chi connectivity index (χ0n) is 10.8. The molecule has 0 saturated carbocycles. The molecule has 4 N–H and O–H groups in total. The summed E-state index contributed by atoms with van der Waals surface area (Å²) in [6.45, 7) is -0.167. The van der Waals surface area contributed by atoms with E-state index in [1.54, 1.807) is 7.11 Å². The maximum Gasteiger partial charge on any atom is 0.248 e. The first-order chi connectivity index (χ1) is 9.04. The van der Waals surface area contributed by atoms with Crippen LogP contribution in [0, 0.1) is 0 Å². The number of carbonyl (C=O) groups excluding carboxylic acids is 2. The molecule has 0 aliphatic heterocycles. The lowest BCUT2D eigenvalue weighted by atomic mass is 10.1. The third-order valence-electron chi connectivity index (χ3n) is 2.63. The van der Waals surface area contributed by atoms with Gasteiger partial charge in [0.1, 0.15) is 11.9 Å². The summed E-state index contributed by atoms with van der Waals surface area (Å²) in [5.41, 5.74) is 5.79. The molecule has 1 unspecified atom stereocenters. The number of hydrogen-bond acceptors (Lipinski definition) is 4. The van der Waals surface area contributed by atoms with E-state index < -0.39 is 12.0 Å². The van der Waals surface area contributed by atoms with Crippen molar-refractivity contribution in [2.45, 2.75) is 18.9 Å². The van der Waals surface area contributed by atoms with Gasteiger partial charge in [0.25, 0.3) is 0 Å². The summed E-state index contributed by atoms with van der Waals surface area (Å²) in [5.74, 6) is -0.385. The van der Waals surface area contributed by atoms with Crippen molar-refractivity contribution >= 4 is 11.8 Å². The number of aliphatic hydroxyl groups excluding tert-OH is 1. The third kappa shape index (κ3) is 4.97. The van der Waals surface area contributed by atoms with Crippen LogP contribution in [-0.4, -0.2) is 36.7 Å². The van der Waals surface area contributed by atoms with Gasteiger partial charge in [0.2, 0.25) is 11.8 Å². The van der Waals surface area contributed by atoms with E-state index in [1.807, 2.05) is 24.3 Å². The van der Waals surface area contributed by atoms with Crippen molar-refractivity contribution in [3.8, 4) is 5.75 Å². The zero-order chi connectivity index (χ0) is 14.3. The van der Waals surface area contributed by atoms with Crippen molar-refractivity contribution in [3.63, 3.8) is 0 Å². The van der Waals surface area contributed by atoms with Crippen molar-refractivity contribution in [2.75, 3.05) is 13.7 Å². The molecule has 0 aliphatic rings. The van der Waals surface area contributed by atoms with Gasteiger partial charge in [-0.2, -0.15) is 0 Å². The number of carbonyl (C=O) groups is 2. The van der Waals surface area contributed by atoms with Crippen LogP contribution >= 0.6 is 0 Å². The fourth-order valence-electron chi connectivity index (χ4n) is 1.56. The Bertz CT molecular complexity index is 448. The van der Waals surface area contributed by atoms with Crippen LogP contribution in [0.4, 0.5) is 0 Å². The average Bonchev–Trinajstić information content (AvgIpc) is 2.42. The van der Waals surface area contributed by atoms with Gasteiger partial charge in [-0.3, -0.25) is 9.59 Å². The Morgan fingerprint density at radius 2 is 2.11 bits per heavy atom. The van der Waals surface area contributed by atoms with Crippen molar-refractivity contribution < 1.29 is 19.4 Å². The molecule has 0 heterocycles. The Morgan fingerprint density at radius 1 is 1.42 bits per heavy atom. The summed E-state index contributed by atoms with van der Waals surface area (Å²) in [6, 6.07) is 7.42. The first kappa shape index (κ1) is 15.0. The van der Waals surface area contributed by atoms with Gasteiger partial charge in [0.15, 0.2) is 0 Å². The molecule has 0 aromatic heterocycles. The summed E-state index contributed by atoms with van der Waals surface area (Å²) in [6.07, 6.45) is -0.593. The lowest BCUT2D eigenvalue weighted by molar-refractivity contribution is -0.127. The first-order valence-electron chi connectivity index (χ1n) is 5.90. The Labute approximate surface area is 111 Å². The van der Waals surface area contributed by atoms with Crippen LogP contribution in [0.1, 0.15) is 12.0 Å². The van der Waals surface area contributed by atoms with Gasteiger partial charge in [0, 0.05) is 6.42 Å². The number of methoxy groups -OCH3 is 1. The summed E-state index contributed by atoms with van der Waals surface area (Å²) in [7, 11) is 1.57. The lowest BCUT2D eigenvalue weighted by Gasteiger charge is -2.10. The number of nitrogens with one attached hydrogen (secondary N) is 1. The normalized spacial score (nSPS) is 11.7. The number of benzene rings is 1. The highest BCUT2D eigenvalue weighted by molar-refractivity contribution is 5.81. The molecule has 19 heavy (non-hydrogen) atoms. The van der Waals surface area contributed by atoms with Crippen LogP contribution in [0.15, 0.2) is 24.3 Å². The van der Waals surface area contributed by atoms with E-state index in [9.17, 15) is 9.59 Å². The fraction of sp³-hybridized carbons (Fsp3) is 0.385. The summed E-state index contributed by atoms with van der Waals surface area (Å²) in [4.78, 5) is 22.1. The monoisotopic (exact) mass is 266 g/mol. The minimum absolute atomic E-state index is 0.167. The van der Waals surface area contributed by atoms with Crippen molar-refractivity contribution in [1.29, 1.82) is 0 Å². The standard InChI is InChI=1S/C13H18N2O4/c1-19-11-5-3-2-4-9(11)6-7-12(17)15-8-10(16)13(14)18/h2-5,10,16H,6-8H2,1H3,(H2,14,18)(H,15,17). The molecule has 0 fully saturated rings. The average molecular weight is 266 g/mol. The van der Waals surface area contributed by atoms with Crippen molar-refractivity contribution in [3.05, 3.63) is 29.8 Å². The minimum Gasteiger partial charge on any atom is -0.496 e. The third-order valence-corrected chi connectivity index (χ3v) is 2.63. The molecular formula is C13H18N2O4. The topological polar surface area (TPSA) is 102 Å². The number of rotatable bonds is 7. The van der Waals surface area contributed by atoms with Crippen LogP contribution in [0.3, 0.4) is 0 Å². The molecule has 0 spiro atoms. The molecule has 1 rings (SSSR count). The Morgan fingerprint density at radius 3 is 2.74 bits per heavy atom. The highest BCUT2D eigenvalue weighted by Gasteiger charge is 2.12. The second-order valence-corrected chi connectivity index (χ2v) is 4.03. The van der Waals surface area contributed by atoms with E-state index >= 15 is 0 Å². The molecule has 104 valence electrons. The second kappa shape index (κ2) is 7.38. The van der Waals surface area contributed by atoms with Gasteiger partial charge < -0.3 is 20.9 Å². The maximum atomic E-state index is 11.5. The Hall–Kier alpha value is -2.08. The fourth-order valence-corrected chi connectivity index (χ4v) is 1.56. The van der Waals surface area contributed by atoms with Gasteiger partial charge in [0.05, 0.1) is 13.7 Å². The van der Waals surface area contributed by atoms with Gasteiger partial charge in [-0.1, -0.05) is 18.2 Å². The molecule has 0 bridgehead atoms. The molecule has 0 radical (unpaired) electrons. The molecule has 0 saturated heterocycles. The summed E-state index contributed by atoms with van der Waals surface area (Å²) in [5, 5.41) is 11.6. The number of para-hydroxylation sites is 1. The van der Waals surface area contributed by atoms with E-state index in [-0.39, 0.29) is 18.9 Å². The highest BCUT2D eigenvalue weighted by Crippen LogP contribution is 2.18. The quantitative estimate of drug-likeness (QED) is 0.624. The van der Waals surface area contributed by atoms with E-state index in [2.05, 4.69) is 5.32 Å². The summed E-state index contributed by atoms with van der Waals surface area (Å²) < 4.78 is 5.17. The molecule has 1 aromatic rings. The molecule has 2 amide bonds. The van der Waals surface area contributed by atoms with Gasteiger partial charge >= 0.3 is 0 Å². The van der Waals surface area contributed by atoms with E-state index in [4.69, 9.17) is 15.6 Å². The van der Waals surface area contributed by atoms with Gasteiger partial charge in [-0.05, 0) is 18.1 Å². The maximum absolute atomic E-state index is 11.5. The molecule has 1 atom stereocenters. The van der Waals surface area contributed by atoms with E-state index in [0.29, 0.717) is 6.42 Å². The second-order valence-electron chi connectivity index (χ2n) is 4.03.